The van der Waals surface area contributed by atoms with Crippen LogP contribution in [0.3, 0.4) is 0 Å². The van der Waals surface area contributed by atoms with Crippen LogP contribution in [0.25, 0.3) is 11.3 Å². The molecule has 2 aromatic heterocycles. The van der Waals surface area contributed by atoms with E-state index in [0.29, 0.717) is 25.9 Å². The summed E-state index contributed by atoms with van der Waals surface area (Å²) in [7, 11) is 0. The molecule has 0 atom stereocenters. The highest BCUT2D eigenvalue weighted by Crippen LogP contribution is 2.25. The molecule has 1 fully saturated rings. The molecule has 0 saturated carbocycles. The van der Waals surface area contributed by atoms with Gasteiger partial charge in [0.05, 0.1) is 11.4 Å². The Balaban J connectivity index is 1.35. The Bertz CT molecular complexity index is 990. The fourth-order valence-corrected chi connectivity index (χ4v) is 3.36. The van der Waals surface area contributed by atoms with Gasteiger partial charge in [0.25, 0.3) is 0 Å². The number of benzene rings is 1. The number of aromatic nitrogens is 3. The molecule has 29 heavy (non-hydrogen) atoms. The van der Waals surface area contributed by atoms with Gasteiger partial charge in [0.2, 0.25) is 5.91 Å². The van der Waals surface area contributed by atoms with E-state index in [1.54, 1.807) is 12.4 Å². The van der Waals surface area contributed by atoms with E-state index in [2.05, 4.69) is 25.4 Å². The zero-order valence-corrected chi connectivity index (χ0v) is 15.6. The highest BCUT2D eigenvalue weighted by molar-refractivity contribution is 5.92. The molecule has 1 amide bonds. The molecule has 0 radical (unpaired) electrons. The van der Waals surface area contributed by atoms with E-state index in [-0.39, 0.29) is 17.5 Å². The zero-order chi connectivity index (χ0) is 20.2. The first-order valence-electron chi connectivity index (χ1n) is 9.35. The van der Waals surface area contributed by atoms with Crippen molar-refractivity contribution in [3.63, 3.8) is 0 Å². The van der Waals surface area contributed by atoms with Crippen molar-refractivity contribution in [2.24, 2.45) is 5.92 Å². The Morgan fingerprint density at radius 2 is 1.90 bits per heavy atom. The van der Waals surface area contributed by atoms with Crippen molar-refractivity contribution in [3.05, 3.63) is 66.5 Å². The lowest BCUT2D eigenvalue weighted by Gasteiger charge is -2.31. The van der Waals surface area contributed by atoms with Gasteiger partial charge in [-0.1, -0.05) is 0 Å². The number of nitrogens with one attached hydrogen (secondary N) is 1. The average Bonchev–Trinajstić information content (AvgIpc) is 2.77. The number of rotatable bonds is 4. The summed E-state index contributed by atoms with van der Waals surface area (Å²) in [5.74, 6) is -1.07. The van der Waals surface area contributed by atoms with Gasteiger partial charge in [-0.15, -0.1) is 10.2 Å². The van der Waals surface area contributed by atoms with Crippen LogP contribution >= 0.6 is 0 Å². The molecule has 1 aliphatic rings. The van der Waals surface area contributed by atoms with E-state index in [1.807, 2.05) is 24.3 Å². The maximum absolute atomic E-state index is 13.7. The number of piperidine rings is 1. The van der Waals surface area contributed by atoms with Crippen molar-refractivity contribution in [1.82, 2.24) is 15.2 Å². The molecule has 0 aliphatic carbocycles. The van der Waals surface area contributed by atoms with Crippen LogP contribution in [0, 0.1) is 17.6 Å². The predicted octanol–water partition coefficient (Wildman–Crippen LogP) is 3.67. The molecule has 0 spiro atoms. The van der Waals surface area contributed by atoms with Gasteiger partial charge in [0, 0.05) is 43.0 Å². The van der Waals surface area contributed by atoms with Crippen LogP contribution in [0.4, 0.5) is 20.3 Å². The second kappa shape index (κ2) is 8.30. The van der Waals surface area contributed by atoms with Crippen LogP contribution in [0.2, 0.25) is 0 Å². The Kier molecular flexibility index (Phi) is 5.41. The third kappa shape index (κ3) is 4.37. The molecule has 1 aromatic carbocycles. The van der Waals surface area contributed by atoms with Crippen molar-refractivity contribution in [1.29, 1.82) is 0 Å². The standard InChI is InChI=1S/C21H19F2N5O/c22-16-3-4-17(23)19(12-16)25-21(29)14-7-10-28(11-8-14)20-6-5-18(26-27-20)15-2-1-9-24-13-15/h1-6,9,12-14H,7-8,10-11H2,(H,25,29). The van der Waals surface area contributed by atoms with E-state index < -0.39 is 11.6 Å². The molecule has 1 N–H and O–H groups in total. The summed E-state index contributed by atoms with van der Waals surface area (Å²) in [5.41, 5.74) is 1.51. The van der Waals surface area contributed by atoms with Crippen molar-refractivity contribution in [3.8, 4) is 11.3 Å². The first-order valence-corrected chi connectivity index (χ1v) is 9.35. The summed E-state index contributed by atoms with van der Waals surface area (Å²) in [6, 6.07) is 10.6. The number of hydrogen-bond donors (Lipinski definition) is 1. The lowest BCUT2D eigenvalue weighted by molar-refractivity contribution is -0.120. The number of hydrogen-bond acceptors (Lipinski definition) is 5. The first-order chi connectivity index (χ1) is 14.1. The molecule has 0 unspecified atom stereocenters. The van der Waals surface area contributed by atoms with Gasteiger partial charge in [-0.05, 0) is 49.2 Å². The van der Waals surface area contributed by atoms with Crippen LogP contribution in [0.5, 0.6) is 0 Å². The van der Waals surface area contributed by atoms with Crippen molar-refractivity contribution in [2.45, 2.75) is 12.8 Å². The summed E-state index contributed by atoms with van der Waals surface area (Å²) >= 11 is 0. The molecule has 0 bridgehead atoms. The minimum absolute atomic E-state index is 0.130. The van der Waals surface area contributed by atoms with Gasteiger partial charge < -0.3 is 10.2 Å². The fraction of sp³-hybridized carbons (Fsp3) is 0.238. The third-order valence-electron chi connectivity index (χ3n) is 4.98. The lowest BCUT2D eigenvalue weighted by atomic mass is 9.95. The maximum atomic E-state index is 13.7. The quantitative estimate of drug-likeness (QED) is 0.730. The number of pyridine rings is 1. The average molecular weight is 395 g/mol. The van der Waals surface area contributed by atoms with Crippen LogP contribution in [0.15, 0.2) is 54.9 Å². The Hall–Kier alpha value is -3.42. The SMILES string of the molecule is O=C(Nc1cc(F)ccc1F)C1CCN(c2ccc(-c3cccnc3)nn2)CC1. The number of carbonyl (C=O) groups is 1. The first kappa shape index (κ1) is 18.9. The highest BCUT2D eigenvalue weighted by Gasteiger charge is 2.26. The number of halogens is 2. The van der Waals surface area contributed by atoms with Crippen LogP contribution < -0.4 is 10.2 Å². The van der Waals surface area contributed by atoms with Crippen LogP contribution in [-0.2, 0) is 4.79 Å². The molecular formula is C21H19F2N5O. The van der Waals surface area contributed by atoms with Gasteiger partial charge in [-0.3, -0.25) is 9.78 Å². The van der Waals surface area contributed by atoms with Crippen molar-refractivity contribution < 1.29 is 13.6 Å². The summed E-state index contributed by atoms with van der Waals surface area (Å²) < 4.78 is 27.0. The number of nitrogens with zero attached hydrogens (tertiary/aromatic N) is 4. The maximum Gasteiger partial charge on any atom is 0.227 e. The van der Waals surface area contributed by atoms with E-state index in [4.69, 9.17) is 0 Å². The summed E-state index contributed by atoms with van der Waals surface area (Å²) in [4.78, 5) is 18.6. The molecule has 3 aromatic rings. The van der Waals surface area contributed by atoms with E-state index in [1.165, 1.54) is 0 Å². The normalized spacial score (nSPS) is 14.6. The highest BCUT2D eigenvalue weighted by atomic mass is 19.1. The van der Waals surface area contributed by atoms with Gasteiger partial charge in [0.15, 0.2) is 5.82 Å². The van der Waals surface area contributed by atoms with Crippen LogP contribution in [-0.4, -0.2) is 34.2 Å². The van der Waals surface area contributed by atoms with Gasteiger partial charge in [-0.25, -0.2) is 8.78 Å². The minimum atomic E-state index is -0.652. The number of carbonyl (C=O) groups excluding carboxylic acids is 1. The van der Waals surface area contributed by atoms with Crippen LogP contribution in [0.1, 0.15) is 12.8 Å². The smallest absolute Gasteiger partial charge is 0.227 e. The fourth-order valence-electron chi connectivity index (χ4n) is 3.36. The largest absolute Gasteiger partial charge is 0.355 e. The number of anilines is 2. The Morgan fingerprint density at radius 3 is 2.59 bits per heavy atom. The predicted molar refractivity (Wildman–Crippen MR) is 105 cm³/mol. The molecule has 1 aliphatic heterocycles. The van der Waals surface area contributed by atoms with Crippen molar-refractivity contribution >= 4 is 17.4 Å². The van der Waals surface area contributed by atoms with E-state index in [9.17, 15) is 13.6 Å². The lowest BCUT2D eigenvalue weighted by Crippen LogP contribution is -2.38. The molecular weight excluding hydrogens is 376 g/mol. The molecule has 3 heterocycles. The second-order valence-electron chi connectivity index (χ2n) is 6.89. The van der Waals surface area contributed by atoms with Gasteiger partial charge in [-0.2, -0.15) is 0 Å². The number of amides is 1. The van der Waals surface area contributed by atoms with Gasteiger partial charge >= 0.3 is 0 Å². The molecule has 148 valence electrons. The van der Waals surface area contributed by atoms with Crippen molar-refractivity contribution in [2.75, 3.05) is 23.3 Å². The summed E-state index contributed by atoms with van der Waals surface area (Å²) in [6.07, 6.45) is 4.62. The van der Waals surface area contributed by atoms with E-state index >= 15 is 0 Å². The minimum Gasteiger partial charge on any atom is -0.355 e. The van der Waals surface area contributed by atoms with E-state index in [0.717, 1.165) is 35.3 Å². The molecule has 1 saturated heterocycles. The second-order valence-corrected chi connectivity index (χ2v) is 6.89. The topological polar surface area (TPSA) is 71.0 Å². The Labute approximate surface area is 166 Å². The third-order valence-corrected chi connectivity index (χ3v) is 4.98. The molecule has 4 rings (SSSR count). The summed E-state index contributed by atoms with van der Waals surface area (Å²) in [5, 5.41) is 11.1. The monoisotopic (exact) mass is 395 g/mol. The van der Waals surface area contributed by atoms with Gasteiger partial charge in [0.1, 0.15) is 11.6 Å². The molecule has 6 nitrogen and oxygen atoms in total. The summed E-state index contributed by atoms with van der Waals surface area (Å²) in [6.45, 7) is 1.26. The Morgan fingerprint density at radius 1 is 1.07 bits per heavy atom. The zero-order valence-electron chi connectivity index (χ0n) is 15.6. The molecule has 8 heteroatoms.